The van der Waals surface area contributed by atoms with Gasteiger partial charge in [-0.25, -0.2) is 8.78 Å². The lowest BCUT2D eigenvalue weighted by molar-refractivity contribution is -0.156. The predicted molar refractivity (Wildman–Crippen MR) is 107 cm³/mol. The lowest BCUT2D eigenvalue weighted by Gasteiger charge is -2.24. The molecule has 0 bridgehead atoms. The topological polar surface area (TPSA) is 55.8 Å². The largest absolute Gasteiger partial charge is 0.493 e. The van der Waals surface area contributed by atoms with Crippen LogP contribution in [-0.4, -0.2) is 30.4 Å². The molecule has 1 saturated heterocycles. The minimum Gasteiger partial charge on any atom is -0.493 e. The lowest BCUT2D eigenvalue weighted by Crippen LogP contribution is -2.31. The van der Waals surface area contributed by atoms with E-state index in [1.807, 2.05) is 13.8 Å². The summed E-state index contributed by atoms with van der Waals surface area (Å²) in [6, 6.07) is 7.18. The Bertz CT molecular complexity index is 919. The summed E-state index contributed by atoms with van der Waals surface area (Å²) in [5.41, 5.74) is 2.53. The van der Waals surface area contributed by atoms with Crippen LogP contribution in [0.5, 0.6) is 5.75 Å². The molecule has 0 amide bonds. The zero-order chi connectivity index (χ0) is 21.1. The minimum absolute atomic E-state index is 0.00579. The number of benzene rings is 2. The fraction of sp³-hybridized carbons (Fsp3) is 0.348. The Kier molecular flexibility index (Phi) is 6.33. The van der Waals surface area contributed by atoms with Gasteiger partial charge in [0.25, 0.3) is 0 Å². The summed E-state index contributed by atoms with van der Waals surface area (Å²) in [7, 11) is 1.38. The molecule has 0 aromatic heterocycles. The summed E-state index contributed by atoms with van der Waals surface area (Å²) in [4.78, 5) is 11.6. The molecule has 29 heavy (non-hydrogen) atoms. The summed E-state index contributed by atoms with van der Waals surface area (Å²) < 4.78 is 38.8. The van der Waals surface area contributed by atoms with Gasteiger partial charge in [0.1, 0.15) is 11.9 Å². The van der Waals surface area contributed by atoms with Crippen molar-refractivity contribution in [1.82, 2.24) is 0 Å². The van der Waals surface area contributed by atoms with E-state index in [1.165, 1.54) is 25.3 Å². The van der Waals surface area contributed by atoms with Gasteiger partial charge in [0.05, 0.1) is 19.6 Å². The highest BCUT2D eigenvalue weighted by molar-refractivity contribution is 5.83. The zero-order valence-electron chi connectivity index (χ0n) is 16.6. The molecular formula is C23H24F2O4. The third-order valence-electron chi connectivity index (χ3n) is 4.93. The van der Waals surface area contributed by atoms with Gasteiger partial charge >= 0.3 is 5.97 Å². The summed E-state index contributed by atoms with van der Waals surface area (Å²) in [6.07, 6.45) is 2.38. The lowest BCUT2D eigenvalue weighted by atomic mass is 9.88. The number of rotatable bonds is 5. The van der Waals surface area contributed by atoms with Gasteiger partial charge < -0.3 is 14.6 Å². The summed E-state index contributed by atoms with van der Waals surface area (Å²) in [5.74, 6) is -1.31. The fourth-order valence-corrected chi connectivity index (χ4v) is 3.56. The average Bonchev–Trinajstić information content (AvgIpc) is 2.66. The van der Waals surface area contributed by atoms with Gasteiger partial charge in [-0.1, -0.05) is 32.1 Å². The Morgan fingerprint density at radius 3 is 2.52 bits per heavy atom. The number of halogens is 2. The normalized spacial score (nSPS) is 19.6. The number of aliphatic hydroxyl groups is 1. The summed E-state index contributed by atoms with van der Waals surface area (Å²) in [5, 5.41) is 9.83. The van der Waals surface area contributed by atoms with Crippen molar-refractivity contribution in [3.8, 4) is 16.9 Å². The third-order valence-corrected chi connectivity index (χ3v) is 4.93. The second-order valence-electron chi connectivity index (χ2n) is 7.41. The first-order chi connectivity index (χ1) is 13.8. The number of ether oxygens (including phenoxy) is 2. The van der Waals surface area contributed by atoms with Crippen molar-refractivity contribution >= 4 is 12.0 Å². The number of esters is 1. The molecule has 0 aliphatic carbocycles. The summed E-state index contributed by atoms with van der Waals surface area (Å²) in [6.45, 7) is 3.88. The van der Waals surface area contributed by atoms with Crippen LogP contribution in [0.1, 0.15) is 43.7 Å². The Hall–Kier alpha value is -2.73. The Labute approximate surface area is 168 Å². The monoisotopic (exact) mass is 402 g/mol. The molecule has 6 heteroatoms. The van der Waals surface area contributed by atoms with Crippen LogP contribution in [0, 0.1) is 11.6 Å². The smallest absolute Gasteiger partial charge is 0.309 e. The van der Waals surface area contributed by atoms with Crippen molar-refractivity contribution in [2.24, 2.45) is 0 Å². The second kappa shape index (κ2) is 8.74. The van der Waals surface area contributed by atoms with Crippen molar-refractivity contribution < 1.29 is 28.2 Å². The van der Waals surface area contributed by atoms with Gasteiger partial charge in [-0.3, -0.25) is 4.79 Å². The molecule has 0 spiro atoms. The van der Waals surface area contributed by atoms with E-state index < -0.39 is 29.8 Å². The number of hydrogen-bond donors (Lipinski definition) is 1. The highest BCUT2D eigenvalue weighted by Crippen LogP contribution is 2.41. The van der Waals surface area contributed by atoms with E-state index in [0.717, 1.165) is 5.56 Å². The van der Waals surface area contributed by atoms with Gasteiger partial charge in [-0.2, -0.15) is 0 Å². The maximum Gasteiger partial charge on any atom is 0.309 e. The van der Waals surface area contributed by atoms with E-state index in [9.17, 15) is 18.7 Å². The fourth-order valence-electron chi connectivity index (χ4n) is 3.56. The van der Waals surface area contributed by atoms with E-state index in [4.69, 9.17) is 9.47 Å². The Morgan fingerprint density at radius 1 is 1.24 bits per heavy atom. The molecule has 0 saturated carbocycles. The maximum absolute atomic E-state index is 14.8. The van der Waals surface area contributed by atoms with Crippen molar-refractivity contribution in [3.05, 3.63) is 59.2 Å². The third kappa shape index (κ3) is 4.65. The molecule has 2 aromatic carbocycles. The van der Waals surface area contributed by atoms with E-state index in [0.29, 0.717) is 23.1 Å². The number of methoxy groups -OCH3 is 1. The quantitative estimate of drug-likeness (QED) is 0.727. The van der Waals surface area contributed by atoms with Crippen LogP contribution in [0.3, 0.4) is 0 Å². The molecule has 0 unspecified atom stereocenters. The van der Waals surface area contributed by atoms with Crippen molar-refractivity contribution in [2.45, 2.75) is 44.8 Å². The molecule has 0 radical (unpaired) electrons. The molecule has 1 heterocycles. The summed E-state index contributed by atoms with van der Waals surface area (Å²) >= 11 is 0. The van der Waals surface area contributed by atoms with Gasteiger partial charge in [-0.15, -0.1) is 0 Å². The zero-order valence-corrected chi connectivity index (χ0v) is 16.6. The number of cyclic esters (lactones) is 1. The molecule has 1 aliphatic heterocycles. The molecule has 154 valence electrons. The van der Waals surface area contributed by atoms with Crippen molar-refractivity contribution in [1.29, 1.82) is 0 Å². The number of aliphatic hydroxyl groups excluding tert-OH is 1. The van der Waals surface area contributed by atoms with E-state index in [2.05, 4.69) is 0 Å². The van der Waals surface area contributed by atoms with Crippen LogP contribution in [0.25, 0.3) is 17.2 Å². The van der Waals surface area contributed by atoms with Crippen molar-refractivity contribution in [3.63, 3.8) is 0 Å². The molecule has 1 fully saturated rings. The highest BCUT2D eigenvalue weighted by Gasteiger charge is 2.26. The average molecular weight is 402 g/mol. The molecule has 1 N–H and O–H groups in total. The molecule has 4 nitrogen and oxygen atoms in total. The van der Waals surface area contributed by atoms with Crippen LogP contribution in [0.4, 0.5) is 8.78 Å². The molecule has 1 aliphatic rings. The molecule has 2 aromatic rings. The Balaban J connectivity index is 2.16. The van der Waals surface area contributed by atoms with Crippen LogP contribution >= 0.6 is 0 Å². The van der Waals surface area contributed by atoms with Crippen molar-refractivity contribution in [2.75, 3.05) is 7.11 Å². The SMILES string of the molecule is COc1c(F)cc(C(C)C)c(C=C[C@H]2C[C@H](O)CC(=O)O2)c1-c1ccc(F)cc1. The van der Waals surface area contributed by atoms with Gasteiger partial charge in [0.15, 0.2) is 11.6 Å². The first-order valence-electron chi connectivity index (χ1n) is 9.52. The number of hydrogen-bond acceptors (Lipinski definition) is 4. The van der Waals surface area contributed by atoms with Crippen LogP contribution in [-0.2, 0) is 9.53 Å². The molecule has 3 rings (SSSR count). The van der Waals surface area contributed by atoms with E-state index in [-0.39, 0.29) is 18.1 Å². The highest BCUT2D eigenvalue weighted by atomic mass is 19.1. The molecular weight excluding hydrogens is 378 g/mol. The minimum atomic E-state index is -0.755. The van der Waals surface area contributed by atoms with Gasteiger partial charge in [0, 0.05) is 12.0 Å². The van der Waals surface area contributed by atoms with Crippen LogP contribution in [0.2, 0.25) is 0 Å². The number of carbonyl (C=O) groups excluding carboxylic acids is 1. The van der Waals surface area contributed by atoms with Crippen LogP contribution < -0.4 is 4.74 Å². The predicted octanol–water partition coefficient (Wildman–Crippen LogP) is 4.84. The van der Waals surface area contributed by atoms with Gasteiger partial charge in [-0.05, 0) is 46.9 Å². The van der Waals surface area contributed by atoms with Gasteiger partial charge in [0.2, 0.25) is 0 Å². The first-order valence-corrected chi connectivity index (χ1v) is 9.52. The first kappa shape index (κ1) is 21.0. The maximum atomic E-state index is 14.8. The second-order valence-corrected chi connectivity index (χ2v) is 7.41. The Morgan fingerprint density at radius 2 is 1.93 bits per heavy atom. The molecule has 2 atom stereocenters. The number of carbonyl (C=O) groups is 1. The van der Waals surface area contributed by atoms with E-state index in [1.54, 1.807) is 24.3 Å². The van der Waals surface area contributed by atoms with Crippen LogP contribution in [0.15, 0.2) is 36.4 Å². The standard InChI is InChI=1S/C23H24F2O4/c1-13(2)19-12-20(25)23(28-3)22(14-4-6-15(24)7-5-14)18(19)9-8-17-10-16(26)11-21(27)29-17/h4-9,12-13,16-17,26H,10-11H2,1-3H3/t16-,17-/m0/s1. The van der Waals surface area contributed by atoms with E-state index >= 15 is 0 Å².